The van der Waals surface area contributed by atoms with Crippen LogP contribution in [0.3, 0.4) is 0 Å². The second-order valence-electron chi connectivity index (χ2n) is 4.40. The smallest absolute Gasteiger partial charge is 0.0331 e. The van der Waals surface area contributed by atoms with Crippen molar-refractivity contribution in [2.75, 3.05) is 5.73 Å². The van der Waals surface area contributed by atoms with E-state index < -0.39 is 0 Å². The summed E-state index contributed by atoms with van der Waals surface area (Å²) in [5.41, 5.74) is 10.6. The number of anilines is 1. The van der Waals surface area contributed by atoms with Gasteiger partial charge in [0, 0.05) is 20.8 Å². The van der Waals surface area contributed by atoms with E-state index in [1.807, 2.05) is 23.9 Å². The van der Waals surface area contributed by atoms with Gasteiger partial charge in [0.25, 0.3) is 0 Å². The van der Waals surface area contributed by atoms with Crippen LogP contribution in [0.25, 0.3) is 0 Å². The van der Waals surface area contributed by atoms with E-state index in [0.29, 0.717) is 0 Å². The minimum Gasteiger partial charge on any atom is -0.399 e. The van der Waals surface area contributed by atoms with Gasteiger partial charge in [0.05, 0.1) is 0 Å². The molecule has 0 atom stereocenters. The highest BCUT2D eigenvalue weighted by Crippen LogP contribution is 2.31. The average Bonchev–Trinajstić information content (AvgIpc) is 2.32. The maximum absolute atomic E-state index is 5.73. The number of thioether (sulfide) groups is 1. The molecule has 0 aliphatic carbocycles. The third-order valence-corrected chi connectivity index (χ3v) is 4.98. The first-order chi connectivity index (χ1) is 8.56. The Morgan fingerprint density at radius 2 is 1.83 bits per heavy atom. The summed E-state index contributed by atoms with van der Waals surface area (Å²) < 4.78 is 1.07. The van der Waals surface area contributed by atoms with Crippen LogP contribution in [0.2, 0.25) is 0 Å². The van der Waals surface area contributed by atoms with Gasteiger partial charge in [-0.3, -0.25) is 0 Å². The molecule has 1 nitrogen and oxygen atoms in total. The monoisotopic (exact) mass is 321 g/mol. The first-order valence-corrected chi connectivity index (χ1v) is 7.58. The van der Waals surface area contributed by atoms with Crippen LogP contribution in [0.5, 0.6) is 0 Å². The maximum atomic E-state index is 5.73. The number of hydrogen-bond acceptors (Lipinski definition) is 2. The van der Waals surface area contributed by atoms with Crippen LogP contribution in [0.15, 0.2) is 45.8 Å². The third-order valence-electron chi connectivity index (χ3n) is 2.92. The van der Waals surface area contributed by atoms with Gasteiger partial charge in [-0.05, 0) is 64.7 Å². The zero-order chi connectivity index (χ0) is 13.1. The summed E-state index contributed by atoms with van der Waals surface area (Å²) in [5.74, 6) is 0.976. The lowest BCUT2D eigenvalue weighted by atomic mass is 10.1. The Kier molecular flexibility index (Phi) is 4.36. The molecule has 0 fully saturated rings. The van der Waals surface area contributed by atoms with Gasteiger partial charge in [-0.2, -0.15) is 0 Å². The number of benzene rings is 2. The molecule has 0 saturated heterocycles. The molecule has 18 heavy (non-hydrogen) atoms. The molecular weight excluding hydrogens is 306 g/mol. The van der Waals surface area contributed by atoms with Gasteiger partial charge in [-0.15, -0.1) is 11.8 Å². The van der Waals surface area contributed by atoms with Gasteiger partial charge in [0.15, 0.2) is 0 Å². The molecule has 2 aromatic rings. The van der Waals surface area contributed by atoms with Gasteiger partial charge in [0.1, 0.15) is 0 Å². The van der Waals surface area contributed by atoms with Crippen molar-refractivity contribution in [2.24, 2.45) is 0 Å². The number of halogens is 1. The van der Waals surface area contributed by atoms with Crippen LogP contribution >= 0.6 is 27.7 Å². The Bertz CT molecular complexity index is 566. The van der Waals surface area contributed by atoms with Crippen molar-refractivity contribution >= 4 is 33.4 Å². The highest BCUT2D eigenvalue weighted by atomic mass is 79.9. The SMILES string of the molecule is Cc1ccc(CSc2ccc(N)cc2Br)cc1C. The van der Waals surface area contributed by atoms with Crippen LogP contribution < -0.4 is 5.73 Å². The second-order valence-corrected chi connectivity index (χ2v) is 6.27. The van der Waals surface area contributed by atoms with Gasteiger partial charge < -0.3 is 5.73 Å². The Morgan fingerprint density at radius 1 is 1.06 bits per heavy atom. The van der Waals surface area contributed by atoms with E-state index in [0.717, 1.165) is 15.9 Å². The minimum atomic E-state index is 0.789. The summed E-state index contributed by atoms with van der Waals surface area (Å²) in [6.45, 7) is 4.30. The van der Waals surface area contributed by atoms with Crippen molar-refractivity contribution in [3.63, 3.8) is 0 Å². The molecule has 0 saturated carbocycles. The van der Waals surface area contributed by atoms with E-state index in [1.54, 1.807) is 0 Å². The van der Waals surface area contributed by atoms with Gasteiger partial charge in [-0.1, -0.05) is 18.2 Å². The minimum absolute atomic E-state index is 0.789. The topological polar surface area (TPSA) is 26.0 Å². The zero-order valence-electron chi connectivity index (χ0n) is 10.5. The zero-order valence-corrected chi connectivity index (χ0v) is 12.9. The fourth-order valence-electron chi connectivity index (χ4n) is 1.69. The first-order valence-electron chi connectivity index (χ1n) is 5.80. The van der Waals surface area contributed by atoms with Crippen molar-refractivity contribution in [1.29, 1.82) is 0 Å². The number of rotatable bonds is 3. The average molecular weight is 322 g/mol. The largest absolute Gasteiger partial charge is 0.399 e. The number of nitrogen functional groups attached to an aromatic ring is 1. The van der Waals surface area contributed by atoms with Crippen molar-refractivity contribution in [2.45, 2.75) is 24.5 Å². The van der Waals surface area contributed by atoms with Gasteiger partial charge in [0.2, 0.25) is 0 Å². The molecule has 0 aliphatic heterocycles. The Balaban J connectivity index is 2.09. The van der Waals surface area contributed by atoms with E-state index in [2.05, 4.69) is 54.0 Å². The van der Waals surface area contributed by atoms with Crippen molar-refractivity contribution in [1.82, 2.24) is 0 Å². The molecule has 2 rings (SSSR count). The quantitative estimate of drug-likeness (QED) is 0.640. The van der Waals surface area contributed by atoms with Gasteiger partial charge in [-0.25, -0.2) is 0 Å². The normalized spacial score (nSPS) is 10.6. The van der Waals surface area contributed by atoms with E-state index in [4.69, 9.17) is 5.73 Å². The third kappa shape index (κ3) is 3.30. The molecule has 0 aromatic heterocycles. The molecule has 0 heterocycles. The summed E-state index contributed by atoms with van der Waals surface area (Å²) >= 11 is 5.37. The number of aryl methyl sites for hydroxylation is 2. The molecule has 2 aromatic carbocycles. The van der Waals surface area contributed by atoms with Crippen molar-refractivity contribution in [3.8, 4) is 0 Å². The van der Waals surface area contributed by atoms with Crippen LogP contribution in [0, 0.1) is 13.8 Å². The maximum Gasteiger partial charge on any atom is 0.0331 e. The van der Waals surface area contributed by atoms with Crippen LogP contribution in [-0.4, -0.2) is 0 Å². The standard InChI is InChI=1S/C15H16BrNS/c1-10-3-4-12(7-11(10)2)9-18-15-6-5-13(17)8-14(15)16/h3-8H,9,17H2,1-2H3. The summed E-state index contributed by atoms with van der Waals surface area (Å²) in [6.07, 6.45) is 0. The molecule has 0 radical (unpaired) electrons. The second kappa shape index (κ2) is 5.81. The van der Waals surface area contributed by atoms with Gasteiger partial charge >= 0.3 is 0 Å². The highest BCUT2D eigenvalue weighted by molar-refractivity contribution is 9.10. The van der Waals surface area contributed by atoms with Crippen LogP contribution in [0.4, 0.5) is 5.69 Å². The lowest BCUT2D eigenvalue weighted by molar-refractivity contribution is 1.28. The predicted octanol–water partition coefficient (Wildman–Crippen LogP) is 4.94. The Morgan fingerprint density at radius 3 is 2.50 bits per heavy atom. The lowest BCUT2D eigenvalue weighted by Crippen LogP contribution is -1.87. The molecule has 0 aliphatic rings. The fourth-order valence-corrected chi connectivity index (χ4v) is 3.29. The Hall–Kier alpha value is -0.930. The molecule has 2 N–H and O–H groups in total. The number of hydrogen-bond donors (Lipinski definition) is 1. The molecule has 0 unspecified atom stereocenters. The van der Waals surface area contributed by atoms with E-state index >= 15 is 0 Å². The van der Waals surface area contributed by atoms with Crippen LogP contribution in [0.1, 0.15) is 16.7 Å². The molecule has 0 spiro atoms. The number of nitrogens with two attached hydrogens (primary N) is 1. The molecule has 3 heteroatoms. The molecular formula is C15H16BrNS. The Labute approximate surface area is 121 Å². The predicted molar refractivity (Wildman–Crippen MR) is 84.0 cm³/mol. The van der Waals surface area contributed by atoms with Crippen molar-refractivity contribution in [3.05, 3.63) is 57.6 Å². The molecule has 94 valence electrons. The van der Waals surface area contributed by atoms with Crippen LogP contribution in [-0.2, 0) is 5.75 Å². The fraction of sp³-hybridized carbons (Fsp3) is 0.200. The van der Waals surface area contributed by atoms with E-state index in [-0.39, 0.29) is 0 Å². The van der Waals surface area contributed by atoms with Crippen molar-refractivity contribution < 1.29 is 0 Å². The highest BCUT2D eigenvalue weighted by Gasteiger charge is 2.03. The first kappa shape index (κ1) is 13.5. The summed E-state index contributed by atoms with van der Waals surface area (Å²) in [6, 6.07) is 12.6. The molecule has 0 amide bonds. The van der Waals surface area contributed by atoms with E-state index in [9.17, 15) is 0 Å². The molecule has 0 bridgehead atoms. The lowest BCUT2D eigenvalue weighted by Gasteiger charge is -2.07. The van der Waals surface area contributed by atoms with E-state index in [1.165, 1.54) is 21.6 Å². The summed E-state index contributed by atoms with van der Waals surface area (Å²) in [4.78, 5) is 1.22. The summed E-state index contributed by atoms with van der Waals surface area (Å²) in [5, 5.41) is 0. The summed E-state index contributed by atoms with van der Waals surface area (Å²) in [7, 11) is 0.